The topological polar surface area (TPSA) is 84.6 Å². The van der Waals surface area contributed by atoms with Crippen LogP contribution in [0.5, 0.6) is 0 Å². The summed E-state index contributed by atoms with van der Waals surface area (Å²) in [6.07, 6.45) is 0.702. The van der Waals surface area contributed by atoms with Gasteiger partial charge in [-0.05, 0) is 12.0 Å². The maximum atomic E-state index is 11.7. The van der Waals surface area contributed by atoms with E-state index < -0.39 is 6.04 Å². The molecular formula is C13H20N2O3. The number of nitrogens with one attached hydrogen (secondary N) is 1. The van der Waals surface area contributed by atoms with Crippen molar-refractivity contribution in [1.29, 1.82) is 0 Å². The van der Waals surface area contributed by atoms with E-state index in [9.17, 15) is 4.79 Å². The Labute approximate surface area is 107 Å². The maximum Gasteiger partial charge on any atom is 0.241 e. The van der Waals surface area contributed by atoms with Gasteiger partial charge in [-0.25, -0.2) is 0 Å². The molecule has 0 aromatic heterocycles. The lowest BCUT2D eigenvalue weighted by molar-refractivity contribution is -0.122. The Bertz CT molecular complexity index is 343. The third-order valence-corrected chi connectivity index (χ3v) is 2.44. The van der Waals surface area contributed by atoms with Crippen molar-refractivity contribution in [2.75, 3.05) is 26.4 Å². The number of rotatable bonds is 8. The lowest BCUT2D eigenvalue weighted by Crippen LogP contribution is -2.34. The Hall–Kier alpha value is -1.43. The number of nitrogens with two attached hydrogens (primary N) is 1. The van der Waals surface area contributed by atoms with Crippen LogP contribution in [0.15, 0.2) is 30.3 Å². The number of hydrogen-bond donors (Lipinski definition) is 3. The molecule has 18 heavy (non-hydrogen) atoms. The summed E-state index contributed by atoms with van der Waals surface area (Å²) in [6.45, 7) is 1.38. The van der Waals surface area contributed by atoms with E-state index in [-0.39, 0.29) is 12.5 Å². The molecule has 1 aromatic rings. The van der Waals surface area contributed by atoms with E-state index in [4.69, 9.17) is 15.6 Å². The fourth-order valence-corrected chi connectivity index (χ4v) is 1.47. The highest BCUT2D eigenvalue weighted by molar-refractivity contribution is 5.82. The van der Waals surface area contributed by atoms with Crippen molar-refractivity contribution in [2.45, 2.75) is 12.5 Å². The monoisotopic (exact) mass is 252 g/mol. The normalized spacial score (nSPS) is 12.1. The zero-order chi connectivity index (χ0) is 13.2. The highest BCUT2D eigenvalue weighted by Gasteiger charge is 2.14. The number of hydrogen-bond acceptors (Lipinski definition) is 4. The predicted octanol–water partition coefficient (Wildman–Crippen LogP) is 0.202. The minimum Gasteiger partial charge on any atom is -0.394 e. The quantitative estimate of drug-likeness (QED) is 0.577. The first-order chi connectivity index (χ1) is 8.75. The number of aliphatic hydroxyl groups excluding tert-OH is 1. The Kier molecular flexibility index (Phi) is 7.01. The van der Waals surface area contributed by atoms with Crippen molar-refractivity contribution in [2.24, 2.45) is 5.73 Å². The molecule has 100 valence electrons. The van der Waals surface area contributed by atoms with E-state index in [1.807, 2.05) is 30.3 Å². The van der Waals surface area contributed by atoms with Crippen LogP contribution in [-0.2, 0) is 9.53 Å². The summed E-state index contributed by atoms with van der Waals surface area (Å²) in [5.41, 5.74) is 6.62. The second-order valence-electron chi connectivity index (χ2n) is 3.87. The molecule has 5 heteroatoms. The zero-order valence-corrected chi connectivity index (χ0v) is 10.3. The zero-order valence-electron chi connectivity index (χ0n) is 10.3. The van der Waals surface area contributed by atoms with Gasteiger partial charge in [0.25, 0.3) is 0 Å². The molecule has 0 heterocycles. The van der Waals surface area contributed by atoms with Crippen molar-refractivity contribution in [3.63, 3.8) is 0 Å². The number of benzene rings is 1. The maximum absolute atomic E-state index is 11.7. The van der Waals surface area contributed by atoms with Crippen LogP contribution in [0.25, 0.3) is 0 Å². The average molecular weight is 252 g/mol. The van der Waals surface area contributed by atoms with Gasteiger partial charge < -0.3 is 20.9 Å². The van der Waals surface area contributed by atoms with Gasteiger partial charge in [0.2, 0.25) is 5.91 Å². The molecule has 0 aliphatic rings. The van der Waals surface area contributed by atoms with Gasteiger partial charge in [-0.15, -0.1) is 0 Å². The van der Waals surface area contributed by atoms with E-state index in [2.05, 4.69) is 5.32 Å². The minimum absolute atomic E-state index is 0.0191. The molecule has 5 nitrogen and oxygen atoms in total. The molecule has 0 spiro atoms. The molecule has 0 aliphatic heterocycles. The first kappa shape index (κ1) is 14.6. The summed E-state index contributed by atoms with van der Waals surface area (Å²) in [6, 6.07) is 8.61. The molecule has 0 fully saturated rings. The minimum atomic E-state index is -0.635. The summed E-state index contributed by atoms with van der Waals surface area (Å²) >= 11 is 0. The summed E-state index contributed by atoms with van der Waals surface area (Å²) in [5, 5.41) is 11.2. The molecule has 1 atom stereocenters. The summed E-state index contributed by atoms with van der Waals surface area (Å²) in [7, 11) is 0. The largest absolute Gasteiger partial charge is 0.394 e. The van der Waals surface area contributed by atoms with Gasteiger partial charge in [-0.2, -0.15) is 0 Å². The molecule has 0 radical (unpaired) electrons. The van der Waals surface area contributed by atoms with E-state index in [1.165, 1.54) is 0 Å². The van der Waals surface area contributed by atoms with Crippen molar-refractivity contribution in [3.8, 4) is 0 Å². The van der Waals surface area contributed by atoms with E-state index in [1.54, 1.807) is 0 Å². The number of carbonyl (C=O) groups excluding carboxylic acids is 1. The van der Waals surface area contributed by atoms with E-state index in [0.717, 1.165) is 5.56 Å². The summed E-state index contributed by atoms with van der Waals surface area (Å²) in [4.78, 5) is 11.7. The van der Waals surface area contributed by atoms with Crippen LogP contribution in [0.1, 0.15) is 18.0 Å². The third-order valence-electron chi connectivity index (χ3n) is 2.44. The van der Waals surface area contributed by atoms with Gasteiger partial charge in [0.15, 0.2) is 0 Å². The fraction of sp³-hybridized carbons (Fsp3) is 0.462. The van der Waals surface area contributed by atoms with Crippen LogP contribution in [0, 0.1) is 0 Å². The van der Waals surface area contributed by atoms with Gasteiger partial charge in [-0.3, -0.25) is 4.79 Å². The SMILES string of the molecule is N[C@H](C(=O)NCCCOCCO)c1ccccc1. The van der Waals surface area contributed by atoms with Crippen molar-refractivity contribution in [1.82, 2.24) is 5.32 Å². The highest BCUT2D eigenvalue weighted by atomic mass is 16.5. The Morgan fingerprint density at radius 1 is 1.33 bits per heavy atom. The molecule has 1 amide bonds. The number of amides is 1. The number of ether oxygens (including phenoxy) is 1. The van der Waals surface area contributed by atoms with Crippen LogP contribution >= 0.6 is 0 Å². The first-order valence-corrected chi connectivity index (χ1v) is 6.02. The van der Waals surface area contributed by atoms with Gasteiger partial charge in [0.05, 0.1) is 13.2 Å². The second kappa shape index (κ2) is 8.63. The number of aliphatic hydroxyl groups is 1. The predicted molar refractivity (Wildman–Crippen MR) is 68.9 cm³/mol. The summed E-state index contributed by atoms with van der Waals surface area (Å²) < 4.78 is 5.08. The van der Waals surface area contributed by atoms with Gasteiger partial charge >= 0.3 is 0 Å². The van der Waals surface area contributed by atoms with Crippen LogP contribution in [0.2, 0.25) is 0 Å². The lowest BCUT2D eigenvalue weighted by atomic mass is 10.1. The van der Waals surface area contributed by atoms with Crippen LogP contribution in [0.3, 0.4) is 0 Å². The van der Waals surface area contributed by atoms with Crippen LogP contribution in [-0.4, -0.2) is 37.4 Å². The van der Waals surface area contributed by atoms with Crippen LogP contribution in [0.4, 0.5) is 0 Å². The van der Waals surface area contributed by atoms with E-state index >= 15 is 0 Å². The standard InChI is InChI=1S/C13H20N2O3/c14-12(11-5-2-1-3-6-11)13(17)15-7-4-9-18-10-8-16/h1-3,5-6,12,16H,4,7-10,14H2,(H,15,17)/t12-/m0/s1. The first-order valence-electron chi connectivity index (χ1n) is 6.02. The van der Waals surface area contributed by atoms with E-state index in [0.29, 0.717) is 26.2 Å². The third kappa shape index (κ3) is 5.27. The van der Waals surface area contributed by atoms with Gasteiger partial charge in [0.1, 0.15) is 6.04 Å². The number of carbonyl (C=O) groups is 1. The highest BCUT2D eigenvalue weighted by Crippen LogP contribution is 2.08. The molecule has 0 bridgehead atoms. The Morgan fingerprint density at radius 2 is 2.06 bits per heavy atom. The van der Waals surface area contributed by atoms with Crippen molar-refractivity contribution in [3.05, 3.63) is 35.9 Å². The molecular weight excluding hydrogens is 232 g/mol. The smallest absolute Gasteiger partial charge is 0.241 e. The van der Waals surface area contributed by atoms with Crippen LogP contribution < -0.4 is 11.1 Å². The summed E-state index contributed by atoms with van der Waals surface area (Å²) in [5.74, 6) is -0.191. The molecule has 0 saturated heterocycles. The lowest BCUT2D eigenvalue weighted by Gasteiger charge is -2.12. The molecule has 0 aliphatic carbocycles. The van der Waals surface area contributed by atoms with Crippen molar-refractivity contribution < 1.29 is 14.6 Å². The fourth-order valence-electron chi connectivity index (χ4n) is 1.47. The average Bonchev–Trinajstić information content (AvgIpc) is 2.42. The Morgan fingerprint density at radius 3 is 2.72 bits per heavy atom. The van der Waals surface area contributed by atoms with Crippen molar-refractivity contribution >= 4 is 5.91 Å². The molecule has 1 aromatic carbocycles. The molecule has 1 rings (SSSR count). The van der Waals surface area contributed by atoms with Gasteiger partial charge in [-0.1, -0.05) is 30.3 Å². The second-order valence-corrected chi connectivity index (χ2v) is 3.87. The molecule has 0 saturated carbocycles. The molecule has 4 N–H and O–H groups in total. The van der Waals surface area contributed by atoms with Gasteiger partial charge in [0, 0.05) is 13.2 Å². The molecule has 0 unspecified atom stereocenters. The Balaban J connectivity index is 2.20.